The number of rotatable bonds is 1. The van der Waals surface area contributed by atoms with Crippen LogP contribution >= 0.6 is 0 Å². The van der Waals surface area contributed by atoms with Crippen LogP contribution in [0, 0.1) is 6.92 Å². The average Bonchev–Trinajstić information content (AvgIpc) is 3.27. The second-order valence-electron chi connectivity index (χ2n) is 7.40. The molecule has 0 radical (unpaired) electrons. The summed E-state index contributed by atoms with van der Waals surface area (Å²) in [6.07, 6.45) is 6.07. The number of piperidine rings is 1. The number of aryl methyl sites for hydroxylation is 2. The smallest absolute Gasteiger partial charge is 0.256 e. The zero-order valence-corrected chi connectivity index (χ0v) is 14.7. The number of benzene rings is 1. The molecular weight excluding hydrogens is 328 g/mol. The summed E-state index contributed by atoms with van der Waals surface area (Å²) in [5.41, 5.74) is 4.34. The molecule has 1 aromatic carbocycles. The maximum Gasteiger partial charge on any atom is 0.256 e. The number of likely N-dealkylation sites (tertiary alicyclic amines) is 1. The first kappa shape index (κ1) is 15.4. The summed E-state index contributed by atoms with van der Waals surface area (Å²) in [5.74, 6) is 0.837. The number of nitrogens with zero attached hydrogens (tertiary/aromatic N) is 5. The van der Waals surface area contributed by atoms with Crippen molar-refractivity contribution in [3.63, 3.8) is 0 Å². The first-order chi connectivity index (χ1) is 12.7. The van der Waals surface area contributed by atoms with Crippen LogP contribution in [-0.2, 0) is 11.8 Å². The van der Waals surface area contributed by atoms with E-state index in [1.807, 2.05) is 36.2 Å². The molecular formula is C19H20N6O. The normalized spacial score (nSPS) is 22.1. The van der Waals surface area contributed by atoms with Crippen molar-refractivity contribution in [2.45, 2.75) is 38.0 Å². The summed E-state index contributed by atoms with van der Waals surface area (Å²) in [7, 11) is 0. The summed E-state index contributed by atoms with van der Waals surface area (Å²) in [6.45, 7) is 3.42. The number of H-pyrrole nitrogens is 1. The quantitative estimate of drug-likeness (QED) is 0.728. The molecule has 2 aliphatic rings. The van der Waals surface area contributed by atoms with Crippen LogP contribution in [0.25, 0.3) is 11.0 Å². The Morgan fingerprint density at radius 3 is 3.12 bits per heavy atom. The Bertz CT molecular complexity index is 1010. The van der Waals surface area contributed by atoms with Gasteiger partial charge in [0.05, 0.1) is 11.3 Å². The molecule has 0 bridgehead atoms. The van der Waals surface area contributed by atoms with Crippen molar-refractivity contribution in [3.05, 3.63) is 47.0 Å². The van der Waals surface area contributed by atoms with E-state index in [1.165, 1.54) is 5.56 Å². The van der Waals surface area contributed by atoms with Crippen molar-refractivity contribution in [3.8, 4) is 0 Å². The predicted octanol–water partition coefficient (Wildman–Crippen LogP) is 2.18. The molecule has 26 heavy (non-hydrogen) atoms. The lowest BCUT2D eigenvalue weighted by atomic mass is 9.77. The fourth-order valence-electron chi connectivity index (χ4n) is 4.54. The van der Waals surface area contributed by atoms with Gasteiger partial charge in [-0.3, -0.25) is 4.79 Å². The van der Waals surface area contributed by atoms with Gasteiger partial charge in [0.2, 0.25) is 0 Å². The van der Waals surface area contributed by atoms with Crippen molar-refractivity contribution in [1.29, 1.82) is 0 Å². The standard InChI is InChI=1S/C19H20N6O/c1-12-20-10-13-6-8-19(17(13)21-12)7-3-9-25(11-19)18(26)14-4-2-5-15-16(14)23-24-22-15/h2,4-5,10H,3,6-9,11H2,1H3,(H,22,23,24). The number of carbonyl (C=O) groups is 1. The molecule has 1 spiro atoms. The fourth-order valence-corrected chi connectivity index (χ4v) is 4.54. The molecule has 1 aliphatic heterocycles. The molecule has 2 aromatic heterocycles. The number of amides is 1. The molecule has 1 saturated heterocycles. The third-order valence-corrected chi connectivity index (χ3v) is 5.80. The van der Waals surface area contributed by atoms with Crippen LogP contribution in [0.4, 0.5) is 0 Å². The number of hydrogen-bond acceptors (Lipinski definition) is 5. The van der Waals surface area contributed by atoms with E-state index in [-0.39, 0.29) is 11.3 Å². The minimum absolute atomic E-state index is 0.0304. The second-order valence-corrected chi connectivity index (χ2v) is 7.40. The third kappa shape index (κ3) is 2.23. The molecule has 7 nitrogen and oxygen atoms in total. The summed E-state index contributed by atoms with van der Waals surface area (Å²) in [5, 5.41) is 10.9. The van der Waals surface area contributed by atoms with Gasteiger partial charge in [-0.05, 0) is 50.3 Å². The van der Waals surface area contributed by atoms with Gasteiger partial charge in [-0.1, -0.05) is 6.07 Å². The molecule has 7 heteroatoms. The van der Waals surface area contributed by atoms with E-state index in [4.69, 9.17) is 4.98 Å². The molecule has 1 amide bonds. The first-order valence-electron chi connectivity index (χ1n) is 9.08. The Kier molecular flexibility index (Phi) is 3.32. The largest absolute Gasteiger partial charge is 0.338 e. The van der Waals surface area contributed by atoms with Crippen molar-refractivity contribution in [2.24, 2.45) is 0 Å². The molecule has 1 unspecified atom stereocenters. The minimum atomic E-state index is -0.0331. The maximum absolute atomic E-state index is 13.2. The Morgan fingerprint density at radius 1 is 1.27 bits per heavy atom. The lowest BCUT2D eigenvalue weighted by molar-refractivity contribution is 0.0635. The van der Waals surface area contributed by atoms with E-state index < -0.39 is 0 Å². The van der Waals surface area contributed by atoms with Gasteiger partial charge in [-0.2, -0.15) is 15.4 Å². The van der Waals surface area contributed by atoms with Gasteiger partial charge in [0.15, 0.2) is 0 Å². The Balaban J connectivity index is 1.50. The van der Waals surface area contributed by atoms with Gasteiger partial charge < -0.3 is 4.90 Å². The highest BCUT2D eigenvalue weighted by atomic mass is 16.2. The van der Waals surface area contributed by atoms with Crippen LogP contribution in [0.3, 0.4) is 0 Å². The summed E-state index contributed by atoms with van der Waals surface area (Å²) < 4.78 is 0. The van der Waals surface area contributed by atoms with Crippen LogP contribution in [-0.4, -0.2) is 49.3 Å². The summed E-state index contributed by atoms with van der Waals surface area (Å²) in [4.78, 5) is 24.3. The van der Waals surface area contributed by atoms with Crippen LogP contribution in [0.2, 0.25) is 0 Å². The van der Waals surface area contributed by atoms with E-state index in [2.05, 4.69) is 20.4 Å². The van der Waals surface area contributed by atoms with Crippen LogP contribution in [0.1, 0.15) is 46.7 Å². The number of carbonyl (C=O) groups excluding carboxylic acids is 1. The Labute approximate surface area is 150 Å². The van der Waals surface area contributed by atoms with Gasteiger partial charge in [-0.15, -0.1) is 0 Å². The molecule has 132 valence electrons. The highest BCUT2D eigenvalue weighted by molar-refractivity contribution is 6.04. The fraction of sp³-hybridized carbons (Fsp3) is 0.421. The molecule has 1 atom stereocenters. The van der Waals surface area contributed by atoms with Crippen molar-refractivity contribution in [2.75, 3.05) is 13.1 Å². The highest BCUT2D eigenvalue weighted by Gasteiger charge is 2.44. The van der Waals surface area contributed by atoms with Crippen LogP contribution < -0.4 is 0 Å². The molecule has 1 N–H and O–H groups in total. The third-order valence-electron chi connectivity index (χ3n) is 5.80. The lowest BCUT2D eigenvalue weighted by Gasteiger charge is -2.40. The van der Waals surface area contributed by atoms with Gasteiger partial charge in [0.1, 0.15) is 16.9 Å². The topological polar surface area (TPSA) is 87.7 Å². The first-order valence-corrected chi connectivity index (χ1v) is 9.08. The molecule has 3 aromatic rings. The van der Waals surface area contributed by atoms with Crippen molar-refractivity contribution in [1.82, 2.24) is 30.3 Å². The Morgan fingerprint density at radius 2 is 2.19 bits per heavy atom. The second kappa shape index (κ2) is 5.59. The molecule has 0 saturated carbocycles. The molecule has 5 rings (SSSR count). The van der Waals surface area contributed by atoms with Gasteiger partial charge >= 0.3 is 0 Å². The van der Waals surface area contributed by atoms with E-state index in [0.29, 0.717) is 17.6 Å². The summed E-state index contributed by atoms with van der Waals surface area (Å²) >= 11 is 0. The molecule has 1 aliphatic carbocycles. The number of fused-ring (bicyclic) bond motifs is 3. The zero-order valence-electron chi connectivity index (χ0n) is 14.7. The van der Waals surface area contributed by atoms with E-state index in [9.17, 15) is 4.79 Å². The molecule has 1 fully saturated rings. The summed E-state index contributed by atoms with van der Waals surface area (Å²) in [6, 6.07) is 5.56. The van der Waals surface area contributed by atoms with Gasteiger partial charge in [-0.25, -0.2) is 9.97 Å². The number of hydrogen-bond donors (Lipinski definition) is 1. The van der Waals surface area contributed by atoms with Crippen LogP contribution in [0.15, 0.2) is 24.4 Å². The van der Waals surface area contributed by atoms with E-state index in [0.717, 1.165) is 49.3 Å². The minimum Gasteiger partial charge on any atom is -0.338 e. The highest BCUT2D eigenvalue weighted by Crippen LogP contribution is 2.44. The predicted molar refractivity (Wildman–Crippen MR) is 95.8 cm³/mol. The van der Waals surface area contributed by atoms with E-state index >= 15 is 0 Å². The maximum atomic E-state index is 13.2. The lowest BCUT2D eigenvalue weighted by Crippen LogP contribution is -2.48. The number of aromatic nitrogens is 5. The molecule has 3 heterocycles. The van der Waals surface area contributed by atoms with Crippen molar-refractivity contribution < 1.29 is 4.79 Å². The average molecular weight is 348 g/mol. The number of para-hydroxylation sites is 1. The Hall–Kier alpha value is -2.83. The zero-order chi connectivity index (χ0) is 17.7. The monoisotopic (exact) mass is 348 g/mol. The van der Waals surface area contributed by atoms with Crippen LogP contribution in [0.5, 0.6) is 0 Å². The number of nitrogens with one attached hydrogen (secondary N) is 1. The number of aromatic amines is 1. The van der Waals surface area contributed by atoms with Gasteiger partial charge in [0.25, 0.3) is 5.91 Å². The van der Waals surface area contributed by atoms with Crippen molar-refractivity contribution >= 4 is 16.9 Å². The SMILES string of the molecule is Cc1ncc2c(n1)C1(CCCN(C(=O)c3cccc4n[nH]nc34)C1)CC2. The van der Waals surface area contributed by atoms with Gasteiger partial charge in [0, 0.05) is 24.7 Å². The van der Waals surface area contributed by atoms with E-state index in [1.54, 1.807) is 0 Å².